The Morgan fingerprint density at radius 3 is 2.55 bits per heavy atom. The standard InChI is InChI=1S/C16H19ClN2O3/c17-12-1-2-14(19(21)22)13(5-12)18-15-10-3-9-4-11(15)8-16(20,6-9)7-10/h1-2,5,9-11,15,18,20H,3-4,6-8H2. The van der Waals surface area contributed by atoms with Crippen LogP contribution in [-0.2, 0) is 0 Å². The van der Waals surface area contributed by atoms with Crippen LogP contribution in [0.5, 0.6) is 0 Å². The number of anilines is 1. The molecule has 4 saturated carbocycles. The molecular weight excluding hydrogens is 304 g/mol. The van der Waals surface area contributed by atoms with Crippen molar-refractivity contribution in [2.75, 3.05) is 5.32 Å². The van der Waals surface area contributed by atoms with Crippen LogP contribution in [0.1, 0.15) is 32.1 Å². The Hall–Kier alpha value is -1.33. The van der Waals surface area contributed by atoms with Gasteiger partial charge in [-0.15, -0.1) is 0 Å². The van der Waals surface area contributed by atoms with Crippen LogP contribution in [0, 0.1) is 27.9 Å². The van der Waals surface area contributed by atoms with Gasteiger partial charge in [-0.05, 0) is 62.0 Å². The molecule has 2 atom stereocenters. The van der Waals surface area contributed by atoms with Crippen molar-refractivity contribution in [1.82, 2.24) is 0 Å². The Kier molecular flexibility index (Phi) is 3.13. The fraction of sp³-hybridized carbons (Fsp3) is 0.625. The third kappa shape index (κ3) is 2.27. The summed E-state index contributed by atoms with van der Waals surface area (Å²) >= 11 is 6.01. The zero-order valence-corrected chi connectivity index (χ0v) is 12.9. The number of rotatable bonds is 3. The largest absolute Gasteiger partial charge is 0.390 e. The van der Waals surface area contributed by atoms with Crippen LogP contribution in [0.15, 0.2) is 18.2 Å². The Morgan fingerprint density at radius 1 is 1.27 bits per heavy atom. The Bertz CT molecular complexity index is 620. The highest BCUT2D eigenvalue weighted by Gasteiger charge is 2.54. The molecule has 1 aromatic carbocycles. The van der Waals surface area contributed by atoms with Gasteiger partial charge in [0.1, 0.15) is 5.69 Å². The number of nitro benzene ring substituents is 1. The third-order valence-electron chi connectivity index (χ3n) is 5.72. The van der Waals surface area contributed by atoms with Crippen LogP contribution < -0.4 is 5.32 Å². The van der Waals surface area contributed by atoms with E-state index < -0.39 is 5.60 Å². The Labute approximate surface area is 133 Å². The molecule has 4 aliphatic rings. The van der Waals surface area contributed by atoms with Gasteiger partial charge in [0.25, 0.3) is 5.69 Å². The number of nitrogens with zero attached hydrogens (tertiary/aromatic N) is 1. The van der Waals surface area contributed by atoms with E-state index in [9.17, 15) is 15.2 Å². The lowest BCUT2D eigenvalue weighted by Crippen LogP contribution is -2.58. The molecule has 2 unspecified atom stereocenters. The molecule has 0 spiro atoms. The van der Waals surface area contributed by atoms with Crippen molar-refractivity contribution in [3.8, 4) is 0 Å². The minimum Gasteiger partial charge on any atom is -0.390 e. The minimum atomic E-state index is -0.491. The van der Waals surface area contributed by atoms with Crippen molar-refractivity contribution in [2.24, 2.45) is 17.8 Å². The predicted molar refractivity (Wildman–Crippen MR) is 84.0 cm³/mol. The maximum Gasteiger partial charge on any atom is 0.292 e. The van der Waals surface area contributed by atoms with Gasteiger partial charge in [0.2, 0.25) is 0 Å². The summed E-state index contributed by atoms with van der Waals surface area (Å²) in [5, 5.41) is 25.7. The monoisotopic (exact) mass is 322 g/mol. The van der Waals surface area contributed by atoms with E-state index in [0.717, 1.165) is 32.1 Å². The zero-order valence-electron chi connectivity index (χ0n) is 12.2. The lowest BCUT2D eigenvalue weighted by atomic mass is 9.52. The van der Waals surface area contributed by atoms with Gasteiger partial charge >= 0.3 is 0 Å². The first-order valence-corrected chi connectivity index (χ1v) is 8.24. The Morgan fingerprint density at radius 2 is 1.95 bits per heavy atom. The number of aliphatic hydroxyl groups is 1. The van der Waals surface area contributed by atoms with Crippen molar-refractivity contribution in [2.45, 2.75) is 43.7 Å². The average Bonchev–Trinajstić information content (AvgIpc) is 2.40. The lowest BCUT2D eigenvalue weighted by molar-refractivity contribution is -0.384. The number of halogens is 1. The van der Waals surface area contributed by atoms with Crippen molar-refractivity contribution >= 4 is 23.0 Å². The van der Waals surface area contributed by atoms with Gasteiger partial charge in [-0.2, -0.15) is 0 Å². The molecule has 1 aromatic rings. The fourth-order valence-corrected chi connectivity index (χ4v) is 5.35. The quantitative estimate of drug-likeness (QED) is 0.658. The first kappa shape index (κ1) is 14.3. The average molecular weight is 323 g/mol. The normalized spacial score (nSPS) is 39.0. The highest BCUT2D eigenvalue weighted by Crippen LogP contribution is 2.56. The number of hydrogen-bond acceptors (Lipinski definition) is 4. The van der Waals surface area contributed by atoms with Crippen LogP contribution >= 0.6 is 11.6 Å². The summed E-state index contributed by atoms with van der Waals surface area (Å²) in [6.45, 7) is 0. The zero-order chi connectivity index (χ0) is 15.5. The molecule has 6 heteroatoms. The van der Waals surface area contributed by atoms with Crippen molar-refractivity contribution in [1.29, 1.82) is 0 Å². The van der Waals surface area contributed by atoms with Crippen molar-refractivity contribution in [3.05, 3.63) is 33.3 Å². The van der Waals surface area contributed by atoms with E-state index in [2.05, 4.69) is 5.32 Å². The molecule has 4 bridgehead atoms. The topological polar surface area (TPSA) is 75.4 Å². The van der Waals surface area contributed by atoms with E-state index >= 15 is 0 Å². The van der Waals surface area contributed by atoms with Gasteiger partial charge < -0.3 is 10.4 Å². The molecule has 0 aromatic heterocycles. The first-order valence-electron chi connectivity index (χ1n) is 7.86. The minimum absolute atomic E-state index is 0.0666. The van der Waals surface area contributed by atoms with Gasteiger partial charge in [0, 0.05) is 17.1 Å². The molecule has 2 N–H and O–H groups in total. The van der Waals surface area contributed by atoms with Gasteiger partial charge in [-0.25, -0.2) is 0 Å². The molecule has 5 nitrogen and oxygen atoms in total. The molecule has 0 saturated heterocycles. The summed E-state index contributed by atoms with van der Waals surface area (Å²) in [6, 6.07) is 4.84. The molecule has 0 amide bonds. The molecule has 0 heterocycles. The molecular formula is C16H19ClN2O3. The van der Waals surface area contributed by atoms with Gasteiger partial charge in [0.05, 0.1) is 10.5 Å². The smallest absolute Gasteiger partial charge is 0.292 e. The van der Waals surface area contributed by atoms with E-state index in [1.807, 2.05) is 0 Å². The number of nitrogens with one attached hydrogen (secondary N) is 1. The molecule has 0 aliphatic heterocycles. The summed E-state index contributed by atoms with van der Waals surface area (Å²) in [6.07, 6.45) is 4.79. The third-order valence-corrected chi connectivity index (χ3v) is 5.95. The summed E-state index contributed by atoms with van der Waals surface area (Å²) < 4.78 is 0. The van der Waals surface area contributed by atoms with Gasteiger partial charge in [-0.3, -0.25) is 10.1 Å². The molecule has 0 radical (unpaired) electrons. The van der Waals surface area contributed by atoms with Crippen LogP contribution in [0.25, 0.3) is 0 Å². The molecule has 4 fully saturated rings. The maximum absolute atomic E-state index is 11.2. The number of hydrogen-bond donors (Lipinski definition) is 2. The first-order chi connectivity index (χ1) is 10.4. The predicted octanol–water partition coefficient (Wildman–Crippen LogP) is 3.60. The highest BCUT2D eigenvalue weighted by molar-refractivity contribution is 6.31. The molecule has 5 rings (SSSR count). The van der Waals surface area contributed by atoms with E-state index in [-0.39, 0.29) is 16.7 Å². The summed E-state index contributed by atoms with van der Waals surface area (Å²) in [5.41, 5.74) is 0.0773. The van der Waals surface area contributed by atoms with Crippen LogP contribution in [0.2, 0.25) is 5.02 Å². The van der Waals surface area contributed by atoms with Gasteiger partial charge in [0.15, 0.2) is 0 Å². The lowest BCUT2D eigenvalue weighted by Gasteiger charge is -2.58. The number of nitro groups is 1. The van der Waals surface area contributed by atoms with Gasteiger partial charge in [-0.1, -0.05) is 11.6 Å². The van der Waals surface area contributed by atoms with Crippen LogP contribution in [0.3, 0.4) is 0 Å². The van der Waals surface area contributed by atoms with Crippen LogP contribution in [-0.4, -0.2) is 21.7 Å². The second-order valence-electron chi connectivity index (χ2n) is 7.28. The SMILES string of the molecule is O=[N+]([O-])c1ccc(Cl)cc1NC1C2CC3CC1CC(O)(C3)C2. The van der Waals surface area contributed by atoms with E-state index in [1.54, 1.807) is 12.1 Å². The summed E-state index contributed by atoms with van der Waals surface area (Å²) in [7, 11) is 0. The van der Waals surface area contributed by atoms with E-state index in [4.69, 9.17) is 11.6 Å². The second kappa shape index (κ2) is 4.83. The fourth-order valence-electron chi connectivity index (χ4n) is 5.18. The van der Waals surface area contributed by atoms with Crippen molar-refractivity contribution in [3.63, 3.8) is 0 Å². The van der Waals surface area contributed by atoms with Crippen molar-refractivity contribution < 1.29 is 10.0 Å². The summed E-state index contributed by atoms with van der Waals surface area (Å²) in [5.74, 6) is 1.42. The maximum atomic E-state index is 11.2. The molecule has 118 valence electrons. The van der Waals surface area contributed by atoms with Crippen LogP contribution in [0.4, 0.5) is 11.4 Å². The second-order valence-corrected chi connectivity index (χ2v) is 7.72. The van der Waals surface area contributed by atoms with E-state index in [0.29, 0.717) is 28.5 Å². The number of benzene rings is 1. The highest BCUT2D eigenvalue weighted by atomic mass is 35.5. The molecule has 4 aliphatic carbocycles. The molecule has 22 heavy (non-hydrogen) atoms. The summed E-state index contributed by atoms with van der Waals surface area (Å²) in [4.78, 5) is 10.8. The Balaban J connectivity index is 1.62. The van der Waals surface area contributed by atoms with E-state index in [1.165, 1.54) is 6.07 Å².